The molecule has 0 saturated carbocycles. The van der Waals surface area contributed by atoms with Crippen molar-refractivity contribution in [2.24, 2.45) is 5.92 Å². The van der Waals surface area contributed by atoms with Crippen LogP contribution in [0, 0.1) is 12.0 Å². The highest BCUT2D eigenvalue weighted by Crippen LogP contribution is 2.36. The van der Waals surface area contributed by atoms with E-state index in [0.29, 0.717) is 12.0 Å². The molecule has 0 aliphatic carbocycles. The molecule has 0 aromatic carbocycles. The molecule has 2 unspecified atom stereocenters. The second-order valence-corrected chi connectivity index (χ2v) is 2.76. The van der Waals surface area contributed by atoms with Crippen LogP contribution in [0.3, 0.4) is 0 Å². The van der Waals surface area contributed by atoms with Crippen LogP contribution in [0.2, 0.25) is 0 Å². The summed E-state index contributed by atoms with van der Waals surface area (Å²) in [5, 5.41) is 0. The van der Waals surface area contributed by atoms with Crippen LogP contribution in [0.4, 0.5) is 0 Å². The fourth-order valence-corrected chi connectivity index (χ4v) is 1.49. The molecular formula is C7H11O2+. The fourth-order valence-electron chi connectivity index (χ4n) is 1.49. The summed E-state index contributed by atoms with van der Waals surface area (Å²) in [6.45, 7) is 3.88. The SMILES string of the molecule is CC1COC2CCO[C+]12. The molecule has 2 heterocycles. The largest absolute Gasteiger partial charge is 0.330 e. The maximum atomic E-state index is 5.43. The Labute approximate surface area is 55.1 Å². The van der Waals surface area contributed by atoms with Gasteiger partial charge in [-0.2, -0.15) is 4.74 Å². The molecule has 0 amide bonds. The third kappa shape index (κ3) is 0.740. The van der Waals surface area contributed by atoms with Gasteiger partial charge in [0.1, 0.15) is 6.61 Å². The molecule has 2 fully saturated rings. The van der Waals surface area contributed by atoms with Crippen molar-refractivity contribution in [3.05, 3.63) is 6.10 Å². The minimum absolute atomic E-state index is 0.347. The van der Waals surface area contributed by atoms with Crippen molar-refractivity contribution in [3.8, 4) is 0 Å². The third-order valence-electron chi connectivity index (χ3n) is 2.00. The first-order valence-corrected chi connectivity index (χ1v) is 3.49. The monoisotopic (exact) mass is 127 g/mol. The Balaban J connectivity index is 2.07. The van der Waals surface area contributed by atoms with Crippen LogP contribution in [0.5, 0.6) is 0 Å². The molecule has 2 aliphatic heterocycles. The minimum atomic E-state index is 0.347. The normalized spacial score (nSPS) is 41.7. The summed E-state index contributed by atoms with van der Waals surface area (Å²) in [6.07, 6.45) is 2.61. The van der Waals surface area contributed by atoms with Gasteiger partial charge in [0, 0.05) is 6.42 Å². The van der Waals surface area contributed by atoms with Crippen LogP contribution in [-0.4, -0.2) is 19.3 Å². The fraction of sp³-hybridized carbons (Fsp3) is 0.857. The average Bonchev–Trinajstić information content (AvgIpc) is 2.35. The highest BCUT2D eigenvalue weighted by Gasteiger charge is 2.51. The van der Waals surface area contributed by atoms with Crippen LogP contribution in [0.1, 0.15) is 13.3 Å². The Morgan fingerprint density at radius 3 is 3.22 bits per heavy atom. The zero-order valence-electron chi connectivity index (χ0n) is 5.59. The van der Waals surface area contributed by atoms with Crippen LogP contribution in [0.25, 0.3) is 0 Å². The molecule has 2 aliphatic rings. The Kier molecular flexibility index (Phi) is 1.17. The quantitative estimate of drug-likeness (QED) is 0.451. The van der Waals surface area contributed by atoms with Gasteiger partial charge >= 0.3 is 0 Å². The molecule has 50 valence electrons. The van der Waals surface area contributed by atoms with E-state index >= 15 is 0 Å². The van der Waals surface area contributed by atoms with Gasteiger partial charge in [-0.1, -0.05) is 0 Å². The van der Waals surface area contributed by atoms with E-state index in [1.54, 1.807) is 0 Å². The van der Waals surface area contributed by atoms with Gasteiger partial charge in [-0.3, -0.25) is 0 Å². The Morgan fingerprint density at radius 2 is 2.44 bits per heavy atom. The molecule has 2 nitrogen and oxygen atoms in total. The van der Waals surface area contributed by atoms with Gasteiger partial charge in [-0.15, -0.1) is 0 Å². The molecule has 2 rings (SSSR count). The lowest BCUT2D eigenvalue weighted by Gasteiger charge is -1.93. The zero-order valence-corrected chi connectivity index (χ0v) is 5.59. The average molecular weight is 127 g/mol. The van der Waals surface area contributed by atoms with Gasteiger partial charge in [0.05, 0.1) is 6.61 Å². The van der Waals surface area contributed by atoms with E-state index in [2.05, 4.69) is 6.92 Å². The van der Waals surface area contributed by atoms with Crippen molar-refractivity contribution in [3.63, 3.8) is 0 Å². The summed E-state index contributed by atoms with van der Waals surface area (Å²) in [5.74, 6) is 0.539. The standard InChI is InChI=1S/C7H11O2/c1-5-4-9-6-2-3-8-7(5)6/h5-6H,2-4H2,1H3/q+1. The highest BCUT2D eigenvalue weighted by atomic mass is 16.6. The van der Waals surface area contributed by atoms with E-state index < -0.39 is 0 Å². The molecule has 0 bridgehead atoms. The number of ether oxygens (including phenoxy) is 2. The summed E-state index contributed by atoms with van der Waals surface area (Å²) in [4.78, 5) is 0. The lowest BCUT2D eigenvalue weighted by Crippen LogP contribution is -2.09. The molecule has 2 atom stereocenters. The van der Waals surface area contributed by atoms with Crippen molar-refractivity contribution in [2.75, 3.05) is 13.2 Å². The predicted octanol–water partition coefficient (Wildman–Crippen LogP) is 0.974. The van der Waals surface area contributed by atoms with E-state index in [-0.39, 0.29) is 0 Å². The topological polar surface area (TPSA) is 18.5 Å². The summed E-state index contributed by atoms with van der Waals surface area (Å²) in [6, 6.07) is 0. The van der Waals surface area contributed by atoms with Crippen LogP contribution < -0.4 is 0 Å². The predicted molar refractivity (Wildman–Crippen MR) is 32.7 cm³/mol. The molecule has 0 aromatic rings. The van der Waals surface area contributed by atoms with Crippen LogP contribution >= 0.6 is 0 Å². The van der Waals surface area contributed by atoms with Crippen molar-refractivity contribution in [2.45, 2.75) is 19.4 Å². The molecule has 2 saturated heterocycles. The van der Waals surface area contributed by atoms with Crippen LogP contribution in [0.15, 0.2) is 0 Å². The van der Waals surface area contributed by atoms with E-state index in [4.69, 9.17) is 9.47 Å². The minimum Gasteiger partial charge on any atom is -0.330 e. The van der Waals surface area contributed by atoms with Gasteiger partial charge in [-0.05, 0) is 6.92 Å². The maximum Gasteiger partial charge on any atom is 0.276 e. The number of rotatable bonds is 0. The second kappa shape index (κ2) is 1.89. The summed E-state index contributed by atoms with van der Waals surface area (Å²) in [5.41, 5.74) is 0. The maximum absolute atomic E-state index is 5.43. The summed E-state index contributed by atoms with van der Waals surface area (Å²) in [7, 11) is 0. The van der Waals surface area contributed by atoms with Gasteiger partial charge in [-0.25, -0.2) is 0 Å². The van der Waals surface area contributed by atoms with E-state index in [1.807, 2.05) is 0 Å². The Hall–Kier alpha value is -0.210. The summed E-state index contributed by atoms with van der Waals surface area (Å²) >= 11 is 0. The zero-order chi connectivity index (χ0) is 6.27. The molecular weight excluding hydrogens is 116 g/mol. The van der Waals surface area contributed by atoms with E-state index in [9.17, 15) is 0 Å². The summed E-state index contributed by atoms with van der Waals surface area (Å²) < 4.78 is 10.8. The van der Waals surface area contributed by atoms with Gasteiger partial charge < -0.3 is 4.74 Å². The number of hydrogen-bond donors (Lipinski definition) is 0. The van der Waals surface area contributed by atoms with Crippen LogP contribution in [-0.2, 0) is 9.47 Å². The van der Waals surface area contributed by atoms with E-state index in [1.165, 1.54) is 6.10 Å². The number of hydrogen-bond acceptors (Lipinski definition) is 2. The Bertz CT molecular complexity index is 113. The molecule has 0 aromatic heterocycles. The van der Waals surface area contributed by atoms with Gasteiger partial charge in [0.2, 0.25) is 6.10 Å². The highest BCUT2D eigenvalue weighted by molar-refractivity contribution is 5.01. The van der Waals surface area contributed by atoms with Crippen molar-refractivity contribution < 1.29 is 9.47 Å². The van der Waals surface area contributed by atoms with Crippen molar-refractivity contribution in [1.29, 1.82) is 0 Å². The smallest absolute Gasteiger partial charge is 0.276 e. The lowest BCUT2D eigenvalue weighted by molar-refractivity contribution is 0.114. The van der Waals surface area contributed by atoms with Crippen molar-refractivity contribution >= 4 is 0 Å². The van der Waals surface area contributed by atoms with Gasteiger partial charge in [0.15, 0.2) is 5.92 Å². The Morgan fingerprint density at radius 1 is 1.56 bits per heavy atom. The van der Waals surface area contributed by atoms with E-state index in [0.717, 1.165) is 19.6 Å². The second-order valence-electron chi connectivity index (χ2n) is 2.76. The molecule has 0 radical (unpaired) electrons. The first kappa shape index (κ1) is 5.57. The molecule has 0 spiro atoms. The molecule has 0 N–H and O–H groups in total. The van der Waals surface area contributed by atoms with Crippen molar-refractivity contribution in [1.82, 2.24) is 0 Å². The lowest BCUT2D eigenvalue weighted by atomic mass is 10.1. The number of fused-ring (bicyclic) bond motifs is 1. The first-order valence-electron chi connectivity index (χ1n) is 3.49. The van der Waals surface area contributed by atoms with Gasteiger partial charge in [0.25, 0.3) is 6.10 Å². The third-order valence-corrected chi connectivity index (χ3v) is 2.00. The molecule has 9 heavy (non-hydrogen) atoms. The first-order chi connectivity index (χ1) is 4.38. The molecule has 2 heteroatoms.